The van der Waals surface area contributed by atoms with Gasteiger partial charge in [0.1, 0.15) is 17.2 Å². The molecule has 110 valence electrons. The van der Waals surface area contributed by atoms with E-state index in [4.69, 9.17) is 4.74 Å². The van der Waals surface area contributed by atoms with Crippen LogP contribution in [0.1, 0.15) is 45.6 Å². The number of methoxy groups -OCH3 is 1. The summed E-state index contributed by atoms with van der Waals surface area (Å²) >= 11 is 0. The molecule has 0 spiro atoms. The Bertz CT molecular complexity index is 547. The van der Waals surface area contributed by atoms with Gasteiger partial charge in [-0.1, -0.05) is 20.8 Å². The molecule has 1 N–H and O–H groups in total. The second-order valence-electron chi connectivity index (χ2n) is 7.28. The highest BCUT2D eigenvalue weighted by atomic mass is 19.1. The van der Waals surface area contributed by atoms with Gasteiger partial charge in [0.2, 0.25) is 0 Å². The zero-order valence-electron chi connectivity index (χ0n) is 12.7. The molecule has 0 aliphatic heterocycles. The van der Waals surface area contributed by atoms with Gasteiger partial charge >= 0.3 is 0 Å². The maximum Gasteiger partial charge on any atom is 0.125 e. The monoisotopic (exact) mass is 278 g/mol. The SMILES string of the molecule is COc1ccc(F)cc1C1(O)C2(C)CCC(C2)C1(C)C. The number of halogens is 1. The van der Waals surface area contributed by atoms with Crippen molar-refractivity contribution in [3.05, 3.63) is 29.6 Å². The fourth-order valence-corrected chi connectivity index (χ4v) is 4.89. The van der Waals surface area contributed by atoms with Crippen molar-refractivity contribution >= 4 is 0 Å². The topological polar surface area (TPSA) is 29.5 Å². The van der Waals surface area contributed by atoms with E-state index in [-0.39, 0.29) is 16.6 Å². The summed E-state index contributed by atoms with van der Waals surface area (Å²) in [5.41, 5.74) is -0.922. The summed E-state index contributed by atoms with van der Waals surface area (Å²) in [4.78, 5) is 0. The van der Waals surface area contributed by atoms with Crippen LogP contribution in [0.2, 0.25) is 0 Å². The number of benzene rings is 1. The van der Waals surface area contributed by atoms with Crippen LogP contribution in [0, 0.1) is 22.6 Å². The molecule has 1 aromatic carbocycles. The first-order valence-corrected chi connectivity index (χ1v) is 7.33. The Morgan fingerprint density at radius 1 is 1.30 bits per heavy atom. The molecule has 0 amide bonds. The fourth-order valence-electron chi connectivity index (χ4n) is 4.89. The van der Waals surface area contributed by atoms with Crippen LogP contribution in [-0.2, 0) is 5.60 Å². The van der Waals surface area contributed by atoms with Crippen LogP contribution in [0.4, 0.5) is 4.39 Å². The van der Waals surface area contributed by atoms with Gasteiger partial charge in [-0.05, 0) is 43.4 Å². The van der Waals surface area contributed by atoms with Crippen LogP contribution in [-0.4, -0.2) is 12.2 Å². The summed E-state index contributed by atoms with van der Waals surface area (Å²) in [6.45, 7) is 6.34. The zero-order valence-corrected chi connectivity index (χ0v) is 12.7. The Morgan fingerprint density at radius 2 is 2.00 bits per heavy atom. The Hall–Kier alpha value is -1.09. The third-order valence-corrected chi connectivity index (χ3v) is 6.12. The van der Waals surface area contributed by atoms with Gasteiger partial charge < -0.3 is 9.84 Å². The predicted molar refractivity (Wildman–Crippen MR) is 76.1 cm³/mol. The molecule has 2 saturated carbocycles. The summed E-state index contributed by atoms with van der Waals surface area (Å²) in [6.07, 6.45) is 3.12. The number of ether oxygens (including phenoxy) is 1. The highest BCUT2D eigenvalue weighted by Crippen LogP contribution is 2.72. The Kier molecular flexibility index (Phi) is 2.75. The Balaban J connectivity index is 2.24. The smallest absolute Gasteiger partial charge is 0.125 e. The second kappa shape index (κ2) is 3.97. The van der Waals surface area contributed by atoms with Gasteiger partial charge in [0.15, 0.2) is 0 Å². The Morgan fingerprint density at radius 3 is 2.55 bits per heavy atom. The van der Waals surface area contributed by atoms with Crippen molar-refractivity contribution in [2.24, 2.45) is 16.7 Å². The molecule has 3 atom stereocenters. The maximum absolute atomic E-state index is 13.8. The van der Waals surface area contributed by atoms with E-state index in [2.05, 4.69) is 20.8 Å². The van der Waals surface area contributed by atoms with E-state index >= 15 is 0 Å². The molecule has 2 fully saturated rings. The van der Waals surface area contributed by atoms with Gasteiger partial charge in [-0.25, -0.2) is 4.39 Å². The molecule has 2 aliphatic carbocycles. The second-order valence-corrected chi connectivity index (χ2v) is 7.28. The lowest BCUT2D eigenvalue weighted by Crippen LogP contribution is -2.51. The van der Waals surface area contributed by atoms with Crippen molar-refractivity contribution < 1.29 is 14.2 Å². The van der Waals surface area contributed by atoms with Crippen molar-refractivity contribution in [2.75, 3.05) is 7.11 Å². The number of fused-ring (bicyclic) bond motifs is 2. The molecule has 2 nitrogen and oxygen atoms in total. The van der Waals surface area contributed by atoms with Crippen LogP contribution < -0.4 is 4.74 Å². The lowest BCUT2D eigenvalue weighted by molar-refractivity contribution is -0.151. The third kappa shape index (κ3) is 1.42. The molecule has 20 heavy (non-hydrogen) atoms. The normalized spacial score (nSPS) is 38.2. The highest BCUT2D eigenvalue weighted by Gasteiger charge is 2.69. The molecule has 0 radical (unpaired) electrons. The molecule has 2 aliphatic rings. The first kappa shape index (κ1) is 13.9. The van der Waals surface area contributed by atoms with Crippen molar-refractivity contribution in [2.45, 2.75) is 45.6 Å². The lowest BCUT2D eigenvalue weighted by Gasteiger charge is -2.51. The zero-order chi connectivity index (χ0) is 14.8. The van der Waals surface area contributed by atoms with Crippen LogP contribution in [0.25, 0.3) is 0 Å². The van der Waals surface area contributed by atoms with Gasteiger partial charge in [-0.15, -0.1) is 0 Å². The van der Waals surface area contributed by atoms with E-state index < -0.39 is 5.60 Å². The summed E-state index contributed by atoms with van der Waals surface area (Å²) < 4.78 is 19.2. The molecule has 0 saturated heterocycles. The van der Waals surface area contributed by atoms with Crippen LogP contribution in [0.15, 0.2) is 18.2 Å². The van der Waals surface area contributed by atoms with Gasteiger partial charge in [0, 0.05) is 16.4 Å². The minimum absolute atomic E-state index is 0.206. The van der Waals surface area contributed by atoms with E-state index in [1.54, 1.807) is 13.2 Å². The molecule has 0 aromatic heterocycles. The van der Waals surface area contributed by atoms with Crippen LogP contribution in [0.3, 0.4) is 0 Å². The molecular weight excluding hydrogens is 255 g/mol. The number of hydrogen-bond acceptors (Lipinski definition) is 2. The van der Waals surface area contributed by atoms with E-state index in [0.29, 0.717) is 17.2 Å². The highest BCUT2D eigenvalue weighted by molar-refractivity contribution is 5.43. The quantitative estimate of drug-likeness (QED) is 0.890. The van der Waals surface area contributed by atoms with Gasteiger partial charge in [-0.2, -0.15) is 0 Å². The molecule has 0 heterocycles. The molecule has 3 unspecified atom stereocenters. The minimum atomic E-state index is -1.05. The minimum Gasteiger partial charge on any atom is -0.496 e. The number of rotatable bonds is 2. The number of hydrogen-bond donors (Lipinski definition) is 1. The van der Waals surface area contributed by atoms with Gasteiger partial charge in [-0.3, -0.25) is 0 Å². The van der Waals surface area contributed by atoms with E-state index in [0.717, 1.165) is 19.3 Å². The standard InChI is InChI=1S/C17H23FO2/c1-15(2)11-7-8-16(3,10-11)17(15,19)13-9-12(18)5-6-14(13)20-4/h5-6,9,11,19H,7-8,10H2,1-4H3. The van der Waals surface area contributed by atoms with E-state index in [1.807, 2.05) is 0 Å². The molecule has 1 aromatic rings. The summed E-state index contributed by atoms with van der Waals surface area (Å²) in [7, 11) is 1.57. The van der Waals surface area contributed by atoms with Crippen molar-refractivity contribution in [1.82, 2.24) is 0 Å². The average molecular weight is 278 g/mol. The first-order valence-electron chi connectivity index (χ1n) is 7.33. The molecule has 3 heteroatoms. The molecule has 3 rings (SSSR count). The Labute approximate surface area is 120 Å². The van der Waals surface area contributed by atoms with E-state index in [9.17, 15) is 9.50 Å². The predicted octanol–water partition coefficient (Wildman–Crippen LogP) is 3.87. The average Bonchev–Trinajstić information content (AvgIpc) is 2.86. The van der Waals surface area contributed by atoms with Gasteiger partial charge in [0.25, 0.3) is 0 Å². The molecule has 2 bridgehead atoms. The molecular formula is C17H23FO2. The van der Waals surface area contributed by atoms with Gasteiger partial charge in [0.05, 0.1) is 7.11 Å². The maximum atomic E-state index is 13.8. The summed E-state index contributed by atoms with van der Waals surface area (Å²) in [5.74, 6) is 0.734. The summed E-state index contributed by atoms with van der Waals surface area (Å²) in [5, 5.41) is 11.6. The van der Waals surface area contributed by atoms with Crippen molar-refractivity contribution in [3.8, 4) is 5.75 Å². The van der Waals surface area contributed by atoms with E-state index in [1.165, 1.54) is 12.1 Å². The van der Waals surface area contributed by atoms with Crippen molar-refractivity contribution in [3.63, 3.8) is 0 Å². The van der Waals surface area contributed by atoms with Crippen LogP contribution in [0.5, 0.6) is 5.75 Å². The van der Waals surface area contributed by atoms with Crippen LogP contribution >= 0.6 is 0 Å². The summed E-state index contributed by atoms with van der Waals surface area (Å²) in [6, 6.07) is 4.45. The fraction of sp³-hybridized carbons (Fsp3) is 0.647. The lowest BCUT2D eigenvalue weighted by atomic mass is 9.57. The third-order valence-electron chi connectivity index (χ3n) is 6.12. The first-order chi connectivity index (χ1) is 9.26. The largest absolute Gasteiger partial charge is 0.496 e. The van der Waals surface area contributed by atoms with Crippen molar-refractivity contribution in [1.29, 1.82) is 0 Å². The number of aliphatic hydroxyl groups is 1.